The minimum atomic E-state index is -0.864. The maximum atomic E-state index is 11.2. The van der Waals surface area contributed by atoms with Crippen molar-refractivity contribution in [3.8, 4) is 0 Å². The van der Waals surface area contributed by atoms with E-state index in [1.165, 1.54) is 18.4 Å². The minimum Gasteiger partial charge on any atom is -0.353 e. The lowest BCUT2D eigenvalue weighted by atomic mass is 10.3. The van der Waals surface area contributed by atoms with Gasteiger partial charge < -0.3 is 10.6 Å². The second-order valence-corrected chi connectivity index (χ2v) is 3.48. The number of nitrogens with zero attached hydrogens (tertiary/aromatic N) is 1. The molecule has 0 saturated heterocycles. The molecule has 0 saturated carbocycles. The number of hydrogen-bond donors (Lipinski definition) is 2. The molecule has 6 heteroatoms. The Morgan fingerprint density at radius 3 is 3.14 bits per heavy atom. The molecule has 1 atom stereocenters. The molecule has 1 rings (SSSR count). The van der Waals surface area contributed by atoms with E-state index < -0.39 is 6.39 Å². The van der Waals surface area contributed by atoms with Crippen molar-refractivity contribution in [2.75, 3.05) is 7.05 Å². The van der Waals surface area contributed by atoms with Gasteiger partial charge in [0.2, 0.25) is 6.39 Å². The highest BCUT2D eigenvalue weighted by Crippen LogP contribution is 2.15. The molecule has 0 aliphatic rings. The number of rotatable bonds is 3. The molecule has 0 aliphatic carbocycles. The Labute approximate surface area is 86.9 Å². The third-order valence-electron chi connectivity index (χ3n) is 1.66. The van der Waals surface area contributed by atoms with Gasteiger partial charge in [0.1, 0.15) is 1.37 Å². The topological polar surface area (TPSA) is 71.1 Å². The van der Waals surface area contributed by atoms with Crippen LogP contribution in [0.5, 0.6) is 0 Å². The number of carbonyl (C=O) groups is 2. The number of thiazole rings is 1. The third kappa shape index (κ3) is 2.29. The fourth-order valence-electron chi connectivity index (χ4n) is 0.859. The Morgan fingerprint density at radius 1 is 1.86 bits per heavy atom. The van der Waals surface area contributed by atoms with Crippen LogP contribution in [0, 0.1) is 0 Å². The van der Waals surface area contributed by atoms with Crippen molar-refractivity contribution >= 4 is 23.6 Å². The van der Waals surface area contributed by atoms with Crippen LogP contribution in [0.25, 0.3) is 0 Å². The minimum absolute atomic E-state index is 0.254. The molecule has 1 unspecified atom stereocenters. The van der Waals surface area contributed by atoms with Crippen LogP contribution in [0.2, 0.25) is 0 Å². The van der Waals surface area contributed by atoms with Crippen molar-refractivity contribution in [1.29, 1.82) is 0 Å². The number of aromatic nitrogens is 1. The standard InChI is InChI=1S/C8H11N3O2S/c1-5(10-4-12)6-3-14-8(11-6)7(13)9-2/h3-5H,1-2H3,(H,9,13)(H,10,12)/i4D. The molecule has 0 aromatic carbocycles. The summed E-state index contributed by atoms with van der Waals surface area (Å²) in [4.78, 5) is 25.7. The Bertz CT molecular complexity index is 380. The van der Waals surface area contributed by atoms with Crippen molar-refractivity contribution in [3.05, 3.63) is 16.1 Å². The second kappa shape index (κ2) is 4.71. The number of nitrogens with one attached hydrogen (secondary N) is 2. The molecule has 0 fully saturated rings. The van der Waals surface area contributed by atoms with Crippen LogP contribution in [0.3, 0.4) is 0 Å². The van der Waals surface area contributed by atoms with Gasteiger partial charge in [0.25, 0.3) is 5.91 Å². The molecule has 0 radical (unpaired) electrons. The fraction of sp³-hybridized carbons (Fsp3) is 0.375. The van der Waals surface area contributed by atoms with E-state index in [2.05, 4.69) is 15.6 Å². The zero-order valence-electron chi connectivity index (χ0n) is 8.83. The third-order valence-corrected chi connectivity index (χ3v) is 2.52. The number of amides is 2. The first-order chi connectivity index (χ1) is 7.04. The Hall–Kier alpha value is -1.43. The SMILES string of the molecule is [2H]C(=O)NC(C)c1csc(C(=O)NC)n1. The quantitative estimate of drug-likeness (QED) is 0.711. The Morgan fingerprint density at radius 2 is 2.57 bits per heavy atom. The van der Waals surface area contributed by atoms with E-state index in [1.807, 2.05) is 0 Å². The van der Waals surface area contributed by atoms with Gasteiger partial charge in [-0.1, -0.05) is 0 Å². The first-order valence-corrected chi connectivity index (χ1v) is 4.87. The molecule has 0 aliphatic heterocycles. The van der Waals surface area contributed by atoms with Gasteiger partial charge in [0.05, 0.1) is 11.7 Å². The highest BCUT2D eigenvalue weighted by Gasteiger charge is 2.12. The largest absolute Gasteiger partial charge is 0.353 e. The van der Waals surface area contributed by atoms with E-state index in [-0.39, 0.29) is 11.9 Å². The molecular weight excluding hydrogens is 202 g/mol. The molecule has 0 spiro atoms. The average Bonchev–Trinajstić information content (AvgIpc) is 2.64. The van der Waals surface area contributed by atoms with Gasteiger partial charge in [-0.15, -0.1) is 11.3 Å². The molecule has 1 aromatic heterocycles. The van der Waals surface area contributed by atoms with E-state index in [0.717, 1.165) is 0 Å². The summed E-state index contributed by atoms with van der Waals surface area (Å²) in [7, 11) is 1.53. The lowest BCUT2D eigenvalue weighted by Crippen LogP contribution is -2.19. The van der Waals surface area contributed by atoms with Crippen LogP contribution in [-0.4, -0.2) is 24.3 Å². The summed E-state index contributed by atoms with van der Waals surface area (Å²) in [5, 5.41) is 6.86. The molecule has 2 N–H and O–H groups in total. The number of carbonyl (C=O) groups excluding carboxylic acids is 2. The lowest BCUT2D eigenvalue weighted by Gasteiger charge is -2.04. The summed E-state index contributed by atoms with van der Waals surface area (Å²) in [5.74, 6) is -0.254. The van der Waals surface area contributed by atoms with Crippen molar-refractivity contribution in [2.24, 2.45) is 0 Å². The maximum Gasteiger partial charge on any atom is 0.280 e. The molecular formula is C8H11N3O2S. The van der Waals surface area contributed by atoms with E-state index in [9.17, 15) is 9.59 Å². The zero-order valence-corrected chi connectivity index (χ0v) is 8.64. The van der Waals surface area contributed by atoms with Crippen molar-refractivity contribution in [1.82, 2.24) is 15.6 Å². The summed E-state index contributed by atoms with van der Waals surface area (Å²) < 4.78 is 6.73. The highest BCUT2D eigenvalue weighted by atomic mass is 32.1. The van der Waals surface area contributed by atoms with Crippen LogP contribution in [0.4, 0.5) is 0 Å². The van der Waals surface area contributed by atoms with Gasteiger partial charge in [-0.2, -0.15) is 0 Å². The summed E-state index contributed by atoms with van der Waals surface area (Å²) in [6.45, 7) is 1.70. The van der Waals surface area contributed by atoms with Gasteiger partial charge >= 0.3 is 0 Å². The van der Waals surface area contributed by atoms with Gasteiger partial charge in [0.15, 0.2) is 5.01 Å². The van der Waals surface area contributed by atoms with Gasteiger partial charge in [-0.25, -0.2) is 4.98 Å². The van der Waals surface area contributed by atoms with Crippen LogP contribution >= 0.6 is 11.3 Å². The van der Waals surface area contributed by atoms with Crippen molar-refractivity contribution in [3.63, 3.8) is 0 Å². The summed E-state index contributed by atoms with van der Waals surface area (Å²) in [6.07, 6.45) is -0.864. The van der Waals surface area contributed by atoms with Crippen LogP contribution in [-0.2, 0) is 4.79 Å². The average molecular weight is 214 g/mol. The van der Waals surface area contributed by atoms with Gasteiger partial charge in [0, 0.05) is 12.4 Å². The predicted molar refractivity (Wildman–Crippen MR) is 53.1 cm³/mol. The lowest BCUT2D eigenvalue weighted by molar-refractivity contribution is -0.110. The number of hydrogen-bond acceptors (Lipinski definition) is 4. The summed E-state index contributed by atoms with van der Waals surface area (Å²) in [6, 6.07) is -0.357. The van der Waals surface area contributed by atoms with E-state index in [0.29, 0.717) is 10.7 Å². The first-order valence-electron chi connectivity index (χ1n) is 4.49. The fourth-order valence-corrected chi connectivity index (χ4v) is 1.72. The van der Waals surface area contributed by atoms with Gasteiger partial charge in [-0.3, -0.25) is 9.59 Å². The maximum absolute atomic E-state index is 11.2. The van der Waals surface area contributed by atoms with Crippen LogP contribution in [0.1, 0.15) is 29.8 Å². The first kappa shape index (κ1) is 9.14. The molecule has 76 valence electrons. The Balaban J connectivity index is 2.75. The molecule has 14 heavy (non-hydrogen) atoms. The molecule has 0 bridgehead atoms. The molecule has 5 nitrogen and oxygen atoms in total. The van der Waals surface area contributed by atoms with Crippen LogP contribution < -0.4 is 10.6 Å². The normalized spacial score (nSPS) is 12.9. The molecule has 1 aromatic rings. The molecule has 1 heterocycles. The van der Waals surface area contributed by atoms with Crippen molar-refractivity contribution in [2.45, 2.75) is 13.0 Å². The molecule has 2 amide bonds. The highest BCUT2D eigenvalue weighted by molar-refractivity contribution is 7.11. The monoisotopic (exact) mass is 214 g/mol. The Kier molecular flexibility index (Phi) is 3.07. The van der Waals surface area contributed by atoms with Crippen molar-refractivity contribution < 1.29 is 11.0 Å². The van der Waals surface area contributed by atoms with E-state index in [4.69, 9.17) is 1.37 Å². The second-order valence-electron chi connectivity index (χ2n) is 2.62. The van der Waals surface area contributed by atoms with Gasteiger partial charge in [-0.05, 0) is 6.92 Å². The zero-order chi connectivity index (χ0) is 11.4. The van der Waals surface area contributed by atoms with Crippen LogP contribution in [0.15, 0.2) is 5.38 Å². The summed E-state index contributed by atoms with van der Waals surface area (Å²) in [5.41, 5.74) is 0.583. The van der Waals surface area contributed by atoms with E-state index >= 15 is 0 Å². The predicted octanol–water partition coefficient (Wildman–Crippen LogP) is 0.310. The summed E-state index contributed by atoms with van der Waals surface area (Å²) >= 11 is 1.20. The van der Waals surface area contributed by atoms with E-state index in [1.54, 1.807) is 12.3 Å². The smallest absolute Gasteiger partial charge is 0.280 e.